The first-order valence-corrected chi connectivity index (χ1v) is 9.06. The quantitative estimate of drug-likeness (QED) is 0.503. The van der Waals surface area contributed by atoms with E-state index < -0.39 is 20.6 Å². The first-order chi connectivity index (χ1) is 12.3. The third-order valence-electron chi connectivity index (χ3n) is 3.87. The van der Waals surface area contributed by atoms with Crippen LogP contribution in [0.1, 0.15) is 11.1 Å². The van der Waals surface area contributed by atoms with Crippen molar-refractivity contribution < 1.29 is 13.3 Å². The van der Waals surface area contributed by atoms with Crippen LogP contribution in [0.25, 0.3) is 0 Å². The van der Waals surface area contributed by atoms with Gasteiger partial charge in [-0.25, -0.2) is 13.2 Å². The second-order valence-electron chi connectivity index (χ2n) is 5.75. The number of non-ortho nitro benzene ring substituents is 1. The summed E-state index contributed by atoms with van der Waals surface area (Å²) >= 11 is 0. The predicted molar refractivity (Wildman–Crippen MR) is 94.7 cm³/mol. The minimum absolute atomic E-state index is 0.0123. The molecule has 3 aromatic rings. The highest BCUT2D eigenvalue weighted by Crippen LogP contribution is 2.15. The van der Waals surface area contributed by atoms with Gasteiger partial charge in [-0.1, -0.05) is 29.8 Å². The third-order valence-corrected chi connectivity index (χ3v) is 5.53. The van der Waals surface area contributed by atoms with Crippen molar-refractivity contribution in [3.8, 4) is 0 Å². The Balaban J connectivity index is 1.96. The number of aromatic nitrogens is 2. The number of nitro benzene ring substituents is 1. The fourth-order valence-electron chi connectivity index (χ4n) is 2.49. The maximum Gasteiger partial charge on any atom is 0.342 e. The van der Waals surface area contributed by atoms with E-state index in [0.717, 1.165) is 5.56 Å². The maximum absolute atomic E-state index is 12.6. The van der Waals surface area contributed by atoms with Crippen LogP contribution in [0.3, 0.4) is 0 Å². The molecule has 0 N–H and O–H groups in total. The first kappa shape index (κ1) is 17.6. The molecule has 134 valence electrons. The summed E-state index contributed by atoms with van der Waals surface area (Å²) in [6.07, 6.45) is 2.52. The molecule has 0 unspecified atom stereocenters. The van der Waals surface area contributed by atoms with E-state index in [-0.39, 0.29) is 17.1 Å². The van der Waals surface area contributed by atoms with E-state index in [1.807, 2.05) is 6.92 Å². The molecule has 0 bridgehead atoms. The molecule has 0 aliphatic rings. The lowest BCUT2D eigenvalue weighted by molar-refractivity contribution is -0.384. The summed E-state index contributed by atoms with van der Waals surface area (Å²) in [5, 5.41) is 10.8. The van der Waals surface area contributed by atoms with Gasteiger partial charge in [-0.2, -0.15) is 3.97 Å². The highest BCUT2D eigenvalue weighted by molar-refractivity contribution is 7.90. The lowest BCUT2D eigenvalue weighted by Gasteiger charge is -2.05. The highest BCUT2D eigenvalue weighted by atomic mass is 32.2. The van der Waals surface area contributed by atoms with Gasteiger partial charge in [0, 0.05) is 24.5 Å². The van der Waals surface area contributed by atoms with Crippen molar-refractivity contribution in [2.45, 2.75) is 18.4 Å². The number of benzene rings is 2. The van der Waals surface area contributed by atoms with Crippen molar-refractivity contribution >= 4 is 15.7 Å². The standard InChI is InChI=1S/C17H15N3O5S/c1-13-5-7-16(8-6-13)26(24,25)19-10-9-18(17(19)21)12-14-3-2-4-15(11-14)20(22)23/h2-11H,12H2,1H3. The Morgan fingerprint density at radius 2 is 1.77 bits per heavy atom. The molecule has 0 atom stereocenters. The molecule has 2 aromatic carbocycles. The Labute approximate surface area is 149 Å². The van der Waals surface area contributed by atoms with E-state index >= 15 is 0 Å². The van der Waals surface area contributed by atoms with Crippen LogP contribution in [0.15, 0.2) is 70.6 Å². The monoisotopic (exact) mass is 373 g/mol. The lowest BCUT2D eigenvalue weighted by atomic mass is 10.2. The van der Waals surface area contributed by atoms with Crippen molar-refractivity contribution in [3.05, 3.63) is 92.7 Å². The maximum atomic E-state index is 12.6. The molecular weight excluding hydrogens is 358 g/mol. The van der Waals surface area contributed by atoms with Gasteiger partial charge in [0.15, 0.2) is 0 Å². The molecule has 9 heteroatoms. The summed E-state index contributed by atoms with van der Waals surface area (Å²) in [5.74, 6) is 0. The molecule has 1 heterocycles. The van der Waals surface area contributed by atoms with E-state index in [2.05, 4.69) is 0 Å². The molecule has 0 radical (unpaired) electrons. The molecule has 3 rings (SSSR count). The van der Waals surface area contributed by atoms with E-state index in [1.165, 1.54) is 47.3 Å². The molecule has 1 aromatic heterocycles. The van der Waals surface area contributed by atoms with Crippen molar-refractivity contribution in [1.29, 1.82) is 0 Å². The van der Waals surface area contributed by atoms with Crippen LogP contribution in [-0.2, 0) is 16.6 Å². The van der Waals surface area contributed by atoms with Gasteiger partial charge in [-0.3, -0.25) is 14.7 Å². The van der Waals surface area contributed by atoms with E-state index in [4.69, 9.17) is 0 Å². The minimum atomic E-state index is -4.00. The average molecular weight is 373 g/mol. The number of rotatable bonds is 5. The van der Waals surface area contributed by atoms with Crippen LogP contribution in [0.5, 0.6) is 0 Å². The molecule has 0 fully saturated rings. The zero-order valence-electron chi connectivity index (χ0n) is 13.8. The van der Waals surface area contributed by atoms with Crippen molar-refractivity contribution in [3.63, 3.8) is 0 Å². The summed E-state index contributed by atoms with van der Waals surface area (Å²) in [5.41, 5.74) is 0.589. The van der Waals surface area contributed by atoms with Crippen LogP contribution < -0.4 is 5.69 Å². The van der Waals surface area contributed by atoms with E-state index in [1.54, 1.807) is 18.2 Å². The van der Waals surface area contributed by atoms with Crippen LogP contribution in [0.4, 0.5) is 5.69 Å². The molecule has 0 aliphatic heterocycles. The predicted octanol–water partition coefficient (Wildman–Crippen LogP) is 2.15. The average Bonchev–Trinajstić information content (AvgIpc) is 2.97. The topological polar surface area (TPSA) is 104 Å². The Kier molecular flexibility index (Phi) is 4.47. The second-order valence-corrected chi connectivity index (χ2v) is 7.56. The fraction of sp³-hybridized carbons (Fsp3) is 0.118. The molecule has 0 amide bonds. The highest BCUT2D eigenvalue weighted by Gasteiger charge is 2.20. The van der Waals surface area contributed by atoms with Gasteiger partial charge in [0.05, 0.1) is 16.4 Å². The zero-order valence-corrected chi connectivity index (χ0v) is 14.6. The van der Waals surface area contributed by atoms with Crippen LogP contribution in [-0.4, -0.2) is 21.9 Å². The Morgan fingerprint density at radius 1 is 1.08 bits per heavy atom. The summed E-state index contributed by atoms with van der Waals surface area (Å²) in [6, 6.07) is 12.0. The van der Waals surface area contributed by atoms with Gasteiger partial charge in [-0.15, -0.1) is 0 Å². The van der Waals surface area contributed by atoms with Crippen LogP contribution >= 0.6 is 0 Å². The third kappa shape index (κ3) is 3.29. The summed E-state index contributed by atoms with van der Waals surface area (Å²) < 4.78 is 27.1. The Morgan fingerprint density at radius 3 is 2.42 bits per heavy atom. The van der Waals surface area contributed by atoms with Gasteiger partial charge in [-0.05, 0) is 24.6 Å². The van der Waals surface area contributed by atoms with Crippen molar-refractivity contribution in [2.24, 2.45) is 0 Å². The number of nitrogens with zero attached hydrogens (tertiary/aromatic N) is 3. The zero-order chi connectivity index (χ0) is 18.9. The Hall–Kier alpha value is -3.20. The van der Waals surface area contributed by atoms with Crippen LogP contribution in [0, 0.1) is 17.0 Å². The summed E-state index contributed by atoms with van der Waals surface area (Å²) in [6.45, 7) is 1.86. The van der Waals surface area contributed by atoms with Gasteiger partial charge in [0.2, 0.25) is 0 Å². The largest absolute Gasteiger partial charge is 0.342 e. The molecule has 0 spiro atoms. The van der Waals surface area contributed by atoms with Gasteiger partial charge >= 0.3 is 5.69 Å². The van der Waals surface area contributed by atoms with Crippen LogP contribution in [0.2, 0.25) is 0 Å². The molecule has 0 saturated heterocycles. The molecule has 8 nitrogen and oxygen atoms in total. The number of aryl methyl sites for hydroxylation is 1. The summed E-state index contributed by atoms with van der Waals surface area (Å²) in [4.78, 5) is 22.8. The smallest absolute Gasteiger partial charge is 0.294 e. The van der Waals surface area contributed by atoms with E-state index in [9.17, 15) is 23.3 Å². The normalized spacial score (nSPS) is 11.4. The SMILES string of the molecule is Cc1ccc(S(=O)(=O)n2ccn(Cc3cccc([N+](=O)[O-])c3)c2=O)cc1. The van der Waals surface area contributed by atoms with Crippen molar-refractivity contribution in [1.82, 2.24) is 8.54 Å². The Bertz CT molecular complexity index is 1130. The van der Waals surface area contributed by atoms with Crippen molar-refractivity contribution in [2.75, 3.05) is 0 Å². The fourth-order valence-corrected chi connectivity index (χ4v) is 3.72. The minimum Gasteiger partial charge on any atom is -0.294 e. The molecule has 0 aliphatic carbocycles. The first-order valence-electron chi connectivity index (χ1n) is 7.62. The summed E-state index contributed by atoms with van der Waals surface area (Å²) in [7, 11) is -4.00. The molecule has 26 heavy (non-hydrogen) atoms. The van der Waals surface area contributed by atoms with Gasteiger partial charge in [0.25, 0.3) is 15.7 Å². The second kappa shape index (κ2) is 6.60. The van der Waals surface area contributed by atoms with E-state index in [0.29, 0.717) is 9.54 Å². The van der Waals surface area contributed by atoms with Gasteiger partial charge < -0.3 is 0 Å². The lowest BCUT2D eigenvalue weighted by Crippen LogP contribution is -2.29. The van der Waals surface area contributed by atoms with Gasteiger partial charge in [0.1, 0.15) is 0 Å². The number of imidazole rings is 1. The molecular formula is C17H15N3O5S. The number of nitro groups is 1. The number of hydrogen-bond acceptors (Lipinski definition) is 5. The number of hydrogen-bond donors (Lipinski definition) is 0. The molecule has 0 saturated carbocycles.